The van der Waals surface area contributed by atoms with E-state index in [1.807, 2.05) is 37.3 Å². The lowest BCUT2D eigenvalue weighted by Gasteiger charge is -2.15. The van der Waals surface area contributed by atoms with Crippen LogP contribution in [0.25, 0.3) is 0 Å². The van der Waals surface area contributed by atoms with Gasteiger partial charge >= 0.3 is 0 Å². The van der Waals surface area contributed by atoms with Crippen LogP contribution < -0.4 is 24.4 Å². The van der Waals surface area contributed by atoms with E-state index in [-0.39, 0.29) is 0 Å². The molecule has 0 atom stereocenters. The van der Waals surface area contributed by atoms with E-state index in [0.717, 1.165) is 21.2 Å². The minimum Gasteiger partial charge on any atom is -0.493 e. The Morgan fingerprint density at radius 2 is 1.64 bits per heavy atom. The average molecular weight is 625 g/mol. The average Bonchev–Trinajstić information content (AvgIpc) is 2.82. The Bertz CT molecular complexity index is 1090. The molecule has 3 aromatic rings. The quantitative estimate of drug-likeness (QED) is 0.157. The summed E-state index contributed by atoms with van der Waals surface area (Å²) >= 11 is 5.90. The standard InChI is InChI=1S/C25H26BrIN2O4/c1-4-32-24-13-19(11-21(26)25(24)33-16-17-5-8-20(27)9-6-17)15-29-28-14-18-7-10-22(30-2)23(12-18)31-3/h5-13,15,28H,4,14,16H2,1-3H3/b29-15+. The van der Waals surface area contributed by atoms with Crippen molar-refractivity contribution in [2.45, 2.75) is 20.1 Å². The third-order valence-corrected chi connectivity index (χ3v) is 5.97. The number of rotatable bonds is 11. The first-order chi connectivity index (χ1) is 16.0. The molecule has 0 saturated carbocycles. The maximum Gasteiger partial charge on any atom is 0.175 e. The first-order valence-electron chi connectivity index (χ1n) is 10.3. The Labute approximate surface area is 216 Å². The Hall–Kier alpha value is -2.46. The fourth-order valence-electron chi connectivity index (χ4n) is 3.05. The highest BCUT2D eigenvalue weighted by molar-refractivity contribution is 14.1. The summed E-state index contributed by atoms with van der Waals surface area (Å²) in [5, 5.41) is 4.34. The van der Waals surface area contributed by atoms with Crippen molar-refractivity contribution < 1.29 is 18.9 Å². The first-order valence-corrected chi connectivity index (χ1v) is 12.2. The number of nitrogens with zero attached hydrogens (tertiary/aromatic N) is 1. The molecule has 0 radical (unpaired) electrons. The predicted molar refractivity (Wildman–Crippen MR) is 143 cm³/mol. The van der Waals surface area contributed by atoms with Crippen molar-refractivity contribution in [3.05, 3.63) is 79.3 Å². The summed E-state index contributed by atoms with van der Waals surface area (Å²) in [5.41, 5.74) is 6.06. The van der Waals surface area contributed by atoms with Gasteiger partial charge in [0.15, 0.2) is 23.0 Å². The normalized spacial score (nSPS) is 10.8. The molecule has 0 aliphatic heterocycles. The van der Waals surface area contributed by atoms with E-state index in [0.29, 0.717) is 42.8 Å². The van der Waals surface area contributed by atoms with Gasteiger partial charge in [0, 0.05) is 3.57 Å². The van der Waals surface area contributed by atoms with Crippen molar-refractivity contribution in [1.29, 1.82) is 0 Å². The fourth-order valence-corrected chi connectivity index (χ4v) is 3.98. The number of halogens is 2. The summed E-state index contributed by atoms with van der Waals surface area (Å²) in [6.45, 7) is 3.48. The van der Waals surface area contributed by atoms with Gasteiger partial charge in [-0.2, -0.15) is 5.10 Å². The summed E-state index contributed by atoms with van der Waals surface area (Å²) in [5.74, 6) is 2.72. The molecule has 0 aliphatic carbocycles. The lowest BCUT2D eigenvalue weighted by molar-refractivity contribution is 0.267. The van der Waals surface area contributed by atoms with Crippen molar-refractivity contribution in [3.63, 3.8) is 0 Å². The number of methoxy groups -OCH3 is 2. The smallest absolute Gasteiger partial charge is 0.175 e. The van der Waals surface area contributed by atoms with Crippen molar-refractivity contribution in [2.24, 2.45) is 5.10 Å². The summed E-state index contributed by atoms with van der Waals surface area (Å²) < 4.78 is 24.5. The van der Waals surface area contributed by atoms with Crippen LogP contribution in [0.2, 0.25) is 0 Å². The number of benzene rings is 3. The lowest BCUT2D eigenvalue weighted by atomic mass is 10.2. The van der Waals surface area contributed by atoms with Gasteiger partial charge in [-0.3, -0.25) is 0 Å². The van der Waals surface area contributed by atoms with Crippen molar-refractivity contribution in [2.75, 3.05) is 20.8 Å². The second-order valence-corrected chi connectivity index (χ2v) is 9.06. The molecule has 0 spiro atoms. The van der Waals surface area contributed by atoms with E-state index >= 15 is 0 Å². The van der Waals surface area contributed by atoms with Gasteiger partial charge in [0.25, 0.3) is 0 Å². The van der Waals surface area contributed by atoms with Crippen LogP contribution in [0.5, 0.6) is 23.0 Å². The van der Waals surface area contributed by atoms with Gasteiger partial charge in [0.1, 0.15) is 6.61 Å². The molecule has 0 aliphatic rings. The van der Waals surface area contributed by atoms with E-state index in [9.17, 15) is 0 Å². The van der Waals surface area contributed by atoms with Crippen LogP contribution in [-0.2, 0) is 13.2 Å². The highest BCUT2D eigenvalue weighted by atomic mass is 127. The van der Waals surface area contributed by atoms with Crippen molar-refractivity contribution >= 4 is 44.7 Å². The zero-order valence-electron chi connectivity index (χ0n) is 18.7. The predicted octanol–water partition coefficient (Wildman–Crippen LogP) is 6.17. The maximum atomic E-state index is 6.07. The van der Waals surface area contributed by atoms with Crippen LogP contribution in [0.1, 0.15) is 23.6 Å². The van der Waals surface area contributed by atoms with E-state index in [1.165, 1.54) is 3.57 Å². The second kappa shape index (κ2) is 12.7. The number of nitrogens with one attached hydrogen (secondary N) is 1. The summed E-state index contributed by atoms with van der Waals surface area (Å²) in [6.07, 6.45) is 1.75. The molecule has 0 fully saturated rings. The van der Waals surface area contributed by atoms with Gasteiger partial charge in [-0.25, -0.2) is 0 Å². The second-order valence-electron chi connectivity index (χ2n) is 6.96. The van der Waals surface area contributed by atoms with Crippen LogP contribution in [0, 0.1) is 3.57 Å². The van der Waals surface area contributed by atoms with E-state index < -0.39 is 0 Å². The van der Waals surface area contributed by atoms with Gasteiger partial charge in [-0.05, 0) is 98.5 Å². The molecule has 0 unspecified atom stereocenters. The molecule has 6 nitrogen and oxygen atoms in total. The van der Waals surface area contributed by atoms with Crippen LogP contribution in [0.4, 0.5) is 0 Å². The highest BCUT2D eigenvalue weighted by Gasteiger charge is 2.12. The Balaban J connectivity index is 1.66. The van der Waals surface area contributed by atoms with Gasteiger partial charge in [-0.15, -0.1) is 0 Å². The molecule has 1 N–H and O–H groups in total. The van der Waals surface area contributed by atoms with Gasteiger partial charge in [0.05, 0.1) is 38.1 Å². The molecule has 174 valence electrons. The Morgan fingerprint density at radius 1 is 0.909 bits per heavy atom. The minimum atomic E-state index is 0.454. The summed E-state index contributed by atoms with van der Waals surface area (Å²) in [6, 6.07) is 17.9. The van der Waals surface area contributed by atoms with Gasteiger partial charge < -0.3 is 24.4 Å². The SMILES string of the molecule is CCOc1cc(/C=N/NCc2ccc(OC)c(OC)c2)cc(Br)c1OCc1ccc(I)cc1. The molecule has 0 amide bonds. The molecular weight excluding hydrogens is 599 g/mol. The van der Waals surface area contributed by atoms with Crippen LogP contribution in [-0.4, -0.2) is 27.0 Å². The Morgan fingerprint density at radius 3 is 2.33 bits per heavy atom. The highest BCUT2D eigenvalue weighted by Crippen LogP contribution is 2.37. The third-order valence-electron chi connectivity index (χ3n) is 4.66. The van der Waals surface area contributed by atoms with Gasteiger partial charge in [-0.1, -0.05) is 18.2 Å². The molecular formula is C25H26BrIN2O4. The number of hydrazone groups is 1. The molecule has 0 bridgehead atoms. The molecule has 3 rings (SSSR count). The van der Waals surface area contributed by atoms with E-state index in [1.54, 1.807) is 20.4 Å². The van der Waals surface area contributed by atoms with E-state index in [2.05, 4.69) is 73.3 Å². The molecule has 0 aromatic heterocycles. The fraction of sp³-hybridized carbons (Fsp3) is 0.240. The topological polar surface area (TPSA) is 61.3 Å². The lowest BCUT2D eigenvalue weighted by Crippen LogP contribution is -2.06. The number of hydrogen-bond donors (Lipinski definition) is 1. The monoisotopic (exact) mass is 624 g/mol. The zero-order valence-corrected chi connectivity index (χ0v) is 22.5. The van der Waals surface area contributed by atoms with Crippen LogP contribution in [0.3, 0.4) is 0 Å². The molecule has 0 saturated heterocycles. The number of hydrogen-bond acceptors (Lipinski definition) is 6. The molecule has 0 heterocycles. The molecule has 3 aromatic carbocycles. The molecule has 33 heavy (non-hydrogen) atoms. The summed E-state index contributed by atoms with van der Waals surface area (Å²) in [7, 11) is 3.24. The maximum absolute atomic E-state index is 6.07. The minimum absolute atomic E-state index is 0.454. The van der Waals surface area contributed by atoms with Crippen LogP contribution >= 0.6 is 38.5 Å². The number of ether oxygens (including phenoxy) is 4. The summed E-state index contributed by atoms with van der Waals surface area (Å²) in [4.78, 5) is 0. The third kappa shape index (κ3) is 7.26. The van der Waals surface area contributed by atoms with Crippen molar-refractivity contribution in [1.82, 2.24) is 5.43 Å². The first kappa shape index (κ1) is 25.2. The van der Waals surface area contributed by atoms with E-state index in [4.69, 9.17) is 18.9 Å². The Kier molecular flexibility index (Phi) is 9.68. The largest absolute Gasteiger partial charge is 0.493 e. The van der Waals surface area contributed by atoms with Crippen molar-refractivity contribution in [3.8, 4) is 23.0 Å². The zero-order chi connectivity index (χ0) is 23.6. The molecule has 8 heteroatoms. The van der Waals surface area contributed by atoms with Crippen LogP contribution in [0.15, 0.2) is 64.2 Å². The van der Waals surface area contributed by atoms with Gasteiger partial charge in [0.2, 0.25) is 0 Å².